The summed E-state index contributed by atoms with van der Waals surface area (Å²) >= 11 is 0. The molecule has 0 unspecified atom stereocenters. The van der Waals surface area contributed by atoms with Crippen molar-refractivity contribution in [2.24, 2.45) is 0 Å². The standard InChI is InChI=1S/C19H21N7O/c27-18(17-14-22-26(24-17)16-7-3-1-4-8-16)21-13-15-9-10-20-19(23-15)25-11-5-2-6-12-25/h1,3-4,7-10,14H,2,5-6,11-13H2,(H,21,27). The highest BCUT2D eigenvalue weighted by Crippen LogP contribution is 2.15. The van der Waals surface area contributed by atoms with E-state index < -0.39 is 0 Å². The van der Waals surface area contributed by atoms with Gasteiger partial charge in [0.25, 0.3) is 5.91 Å². The fourth-order valence-corrected chi connectivity index (χ4v) is 3.04. The highest BCUT2D eigenvalue weighted by molar-refractivity contribution is 5.91. The van der Waals surface area contributed by atoms with Crippen LogP contribution in [0.3, 0.4) is 0 Å². The number of piperidine rings is 1. The molecule has 0 spiro atoms. The van der Waals surface area contributed by atoms with Gasteiger partial charge in [0.15, 0.2) is 5.69 Å². The third-order valence-electron chi connectivity index (χ3n) is 4.48. The van der Waals surface area contributed by atoms with E-state index in [2.05, 4.69) is 30.4 Å². The molecule has 0 aliphatic carbocycles. The Hall–Kier alpha value is -3.29. The van der Waals surface area contributed by atoms with Gasteiger partial charge in [0.1, 0.15) is 0 Å². The van der Waals surface area contributed by atoms with Crippen molar-refractivity contribution in [3.8, 4) is 5.69 Å². The highest BCUT2D eigenvalue weighted by atomic mass is 16.2. The molecule has 1 aliphatic heterocycles. The van der Waals surface area contributed by atoms with Crippen molar-refractivity contribution < 1.29 is 4.79 Å². The number of hydrogen-bond acceptors (Lipinski definition) is 6. The molecule has 1 aliphatic rings. The summed E-state index contributed by atoms with van der Waals surface area (Å²) in [4.78, 5) is 24.9. The summed E-state index contributed by atoms with van der Waals surface area (Å²) in [6, 6.07) is 11.3. The number of nitrogens with one attached hydrogen (secondary N) is 1. The zero-order valence-electron chi connectivity index (χ0n) is 15.0. The van der Waals surface area contributed by atoms with Crippen molar-refractivity contribution in [1.82, 2.24) is 30.3 Å². The zero-order chi connectivity index (χ0) is 18.5. The van der Waals surface area contributed by atoms with Crippen molar-refractivity contribution in [1.29, 1.82) is 0 Å². The summed E-state index contributed by atoms with van der Waals surface area (Å²) in [6.45, 7) is 2.29. The molecule has 1 amide bonds. The molecule has 3 heterocycles. The van der Waals surface area contributed by atoms with Crippen LogP contribution in [0, 0.1) is 0 Å². The van der Waals surface area contributed by atoms with E-state index in [0.29, 0.717) is 6.54 Å². The molecule has 8 heteroatoms. The molecule has 27 heavy (non-hydrogen) atoms. The van der Waals surface area contributed by atoms with Gasteiger partial charge in [-0.05, 0) is 37.5 Å². The SMILES string of the molecule is O=C(NCc1ccnc(N2CCCCC2)n1)c1cnn(-c2ccccc2)n1. The first kappa shape index (κ1) is 17.1. The second-order valence-electron chi connectivity index (χ2n) is 6.43. The minimum Gasteiger partial charge on any atom is -0.345 e. The summed E-state index contributed by atoms with van der Waals surface area (Å²) in [7, 11) is 0. The molecule has 4 rings (SSSR count). The van der Waals surface area contributed by atoms with Gasteiger partial charge in [0, 0.05) is 19.3 Å². The van der Waals surface area contributed by atoms with E-state index in [1.54, 1.807) is 6.20 Å². The summed E-state index contributed by atoms with van der Waals surface area (Å²) in [5.74, 6) is 0.451. The van der Waals surface area contributed by atoms with Crippen molar-refractivity contribution >= 4 is 11.9 Å². The topological polar surface area (TPSA) is 88.8 Å². The average Bonchev–Trinajstić information content (AvgIpc) is 3.24. The summed E-state index contributed by atoms with van der Waals surface area (Å²) in [5.41, 5.74) is 1.84. The molecule has 1 aromatic carbocycles. The second kappa shape index (κ2) is 7.94. The Morgan fingerprint density at radius 1 is 1.07 bits per heavy atom. The van der Waals surface area contributed by atoms with Crippen LogP contribution in [0.1, 0.15) is 35.4 Å². The molecule has 0 radical (unpaired) electrons. The van der Waals surface area contributed by atoms with Crippen LogP contribution >= 0.6 is 0 Å². The molecule has 1 N–H and O–H groups in total. The smallest absolute Gasteiger partial charge is 0.273 e. The number of aromatic nitrogens is 5. The van der Waals surface area contributed by atoms with Gasteiger partial charge in [-0.15, -0.1) is 5.10 Å². The van der Waals surface area contributed by atoms with Crippen molar-refractivity contribution in [2.75, 3.05) is 18.0 Å². The van der Waals surface area contributed by atoms with Crippen LogP contribution in [-0.4, -0.2) is 44.0 Å². The molecule has 3 aromatic rings. The van der Waals surface area contributed by atoms with Crippen LogP contribution in [0.2, 0.25) is 0 Å². The van der Waals surface area contributed by atoms with E-state index in [1.165, 1.54) is 30.3 Å². The number of para-hydroxylation sites is 1. The Labute approximate surface area is 157 Å². The monoisotopic (exact) mass is 363 g/mol. The average molecular weight is 363 g/mol. The first-order valence-corrected chi connectivity index (χ1v) is 9.12. The normalized spacial score (nSPS) is 14.1. The van der Waals surface area contributed by atoms with Gasteiger partial charge in [0.2, 0.25) is 5.95 Å². The fraction of sp³-hybridized carbons (Fsp3) is 0.316. The molecule has 2 aromatic heterocycles. The molecule has 1 saturated heterocycles. The van der Waals surface area contributed by atoms with Crippen molar-refractivity contribution in [2.45, 2.75) is 25.8 Å². The van der Waals surface area contributed by atoms with Gasteiger partial charge in [-0.2, -0.15) is 9.90 Å². The quantitative estimate of drug-likeness (QED) is 0.746. The lowest BCUT2D eigenvalue weighted by molar-refractivity contribution is 0.0945. The van der Waals surface area contributed by atoms with Crippen LogP contribution in [0.4, 0.5) is 5.95 Å². The fourth-order valence-electron chi connectivity index (χ4n) is 3.04. The van der Waals surface area contributed by atoms with Gasteiger partial charge in [0.05, 0.1) is 24.1 Å². The predicted octanol–water partition coefficient (Wildman–Crippen LogP) is 1.98. The molecular weight excluding hydrogens is 342 g/mol. The zero-order valence-corrected chi connectivity index (χ0v) is 15.0. The lowest BCUT2D eigenvalue weighted by Gasteiger charge is -2.26. The minimum absolute atomic E-state index is 0.268. The molecule has 1 fully saturated rings. The van der Waals surface area contributed by atoms with E-state index in [0.717, 1.165) is 30.4 Å². The highest BCUT2D eigenvalue weighted by Gasteiger charge is 2.15. The maximum atomic E-state index is 12.4. The first-order chi connectivity index (χ1) is 13.3. The Kier molecular flexibility index (Phi) is 5.04. The number of benzene rings is 1. The molecule has 0 saturated carbocycles. The van der Waals surface area contributed by atoms with Gasteiger partial charge in [-0.3, -0.25) is 4.79 Å². The Morgan fingerprint density at radius 2 is 1.89 bits per heavy atom. The Morgan fingerprint density at radius 3 is 2.70 bits per heavy atom. The summed E-state index contributed by atoms with van der Waals surface area (Å²) in [5, 5.41) is 11.2. The second-order valence-corrected chi connectivity index (χ2v) is 6.43. The molecule has 0 bridgehead atoms. The number of carbonyl (C=O) groups is 1. The van der Waals surface area contributed by atoms with E-state index >= 15 is 0 Å². The molecule has 8 nitrogen and oxygen atoms in total. The van der Waals surface area contributed by atoms with Crippen molar-refractivity contribution in [3.63, 3.8) is 0 Å². The number of amides is 1. The maximum absolute atomic E-state index is 12.4. The number of hydrogen-bond donors (Lipinski definition) is 1. The van der Waals surface area contributed by atoms with Crippen LogP contribution in [-0.2, 0) is 6.54 Å². The summed E-state index contributed by atoms with van der Waals surface area (Å²) < 4.78 is 0. The molecular formula is C19H21N7O. The van der Waals surface area contributed by atoms with E-state index in [1.807, 2.05) is 36.4 Å². The Balaban J connectivity index is 1.39. The van der Waals surface area contributed by atoms with Crippen LogP contribution < -0.4 is 10.2 Å². The van der Waals surface area contributed by atoms with E-state index in [9.17, 15) is 4.79 Å². The minimum atomic E-state index is -0.282. The van der Waals surface area contributed by atoms with Gasteiger partial charge < -0.3 is 10.2 Å². The molecule has 0 atom stereocenters. The predicted molar refractivity (Wildman–Crippen MR) is 101 cm³/mol. The third-order valence-corrected chi connectivity index (χ3v) is 4.48. The van der Waals surface area contributed by atoms with E-state index in [4.69, 9.17) is 0 Å². The lowest BCUT2D eigenvalue weighted by atomic mass is 10.1. The number of nitrogens with zero attached hydrogens (tertiary/aromatic N) is 6. The van der Waals surface area contributed by atoms with Gasteiger partial charge in [-0.25, -0.2) is 9.97 Å². The van der Waals surface area contributed by atoms with Gasteiger partial charge >= 0.3 is 0 Å². The van der Waals surface area contributed by atoms with Crippen LogP contribution in [0.15, 0.2) is 48.8 Å². The lowest BCUT2D eigenvalue weighted by Crippen LogP contribution is -2.31. The maximum Gasteiger partial charge on any atom is 0.273 e. The number of rotatable bonds is 5. The number of anilines is 1. The third kappa shape index (κ3) is 4.11. The Bertz CT molecular complexity index is 903. The van der Waals surface area contributed by atoms with Gasteiger partial charge in [-0.1, -0.05) is 18.2 Å². The summed E-state index contributed by atoms with van der Waals surface area (Å²) in [6.07, 6.45) is 6.80. The number of carbonyl (C=O) groups excluding carboxylic acids is 1. The first-order valence-electron chi connectivity index (χ1n) is 9.12. The van der Waals surface area contributed by atoms with Crippen molar-refractivity contribution in [3.05, 3.63) is 60.2 Å². The van der Waals surface area contributed by atoms with Crippen LogP contribution in [0.25, 0.3) is 5.69 Å². The van der Waals surface area contributed by atoms with Crippen LogP contribution in [0.5, 0.6) is 0 Å². The molecule has 138 valence electrons. The van der Waals surface area contributed by atoms with E-state index in [-0.39, 0.29) is 11.6 Å². The largest absolute Gasteiger partial charge is 0.345 e.